The Labute approximate surface area is 86.9 Å². The van der Waals surface area contributed by atoms with Gasteiger partial charge in [0.05, 0.1) is 6.61 Å². The van der Waals surface area contributed by atoms with Crippen LogP contribution < -0.4 is 0 Å². The molecule has 0 aromatic carbocycles. The quantitative estimate of drug-likeness (QED) is 0.646. The maximum absolute atomic E-state index is 8.91. The van der Waals surface area contributed by atoms with Gasteiger partial charge >= 0.3 is 0 Å². The standard InChI is InChI=1S/C10H22ClNO/c1-9(4-6-11)5-7-12(3)10(2)8-13/h9-10,13H,4-8H2,1-3H3. The molecule has 13 heavy (non-hydrogen) atoms. The van der Waals surface area contributed by atoms with E-state index in [1.54, 1.807) is 0 Å². The van der Waals surface area contributed by atoms with Crippen molar-refractivity contribution in [1.82, 2.24) is 4.90 Å². The molecule has 0 radical (unpaired) electrons. The van der Waals surface area contributed by atoms with Gasteiger partial charge in [-0.25, -0.2) is 0 Å². The van der Waals surface area contributed by atoms with E-state index in [1.807, 2.05) is 14.0 Å². The molecule has 3 heteroatoms. The van der Waals surface area contributed by atoms with Crippen LogP contribution in [0.15, 0.2) is 0 Å². The minimum atomic E-state index is 0.236. The zero-order valence-electron chi connectivity index (χ0n) is 8.96. The molecular formula is C10H22ClNO. The van der Waals surface area contributed by atoms with Gasteiger partial charge in [-0.3, -0.25) is 0 Å². The van der Waals surface area contributed by atoms with Gasteiger partial charge in [0, 0.05) is 11.9 Å². The van der Waals surface area contributed by atoms with Gasteiger partial charge in [0.15, 0.2) is 0 Å². The van der Waals surface area contributed by atoms with Crippen LogP contribution in [0.3, 0.4) is 0 Å². The van der Waals surface area contributed by atoms with Crippen LogP contribution >= 0.6 is 11.6 Å². The Balaban J connectivity index is 3.50. The van der Waals surface area contributed by atoms with Crippen LogP contribution in [-0.2, 0) is 0 Å². The highest BCUT2D eigenvalue weighted by Gasteiger charge is 2.09. The fourth-order valence-electron chi connectivity index (χ4n) is 1.11. The number of aliphatic hydroxyl groups is 1. The first-order valence-corrected chi connectivity index (χ1v) is 5.52. The van der Waals surface area contributed by atoms with Crippen molar-refractivity contribution in [3.8, 4) is 0 Å². The summed E-state index contributed by atoms with van der Waals surface area (Å²) >= 11 is 5.65. The minimum Gasteiger partial charge on any atom is -0.395 e. The summed E-state index contributed by atoms with van der Waals surface area (Å²) in [6.45, 7) is 5.53. The fraction of sp³-hybridized carbons (Fsp3) is 1.00. The zero-order valence-corrected chi connectivity index (χ0v) is 9.72. The first-order chi connectivity index (χ1) is 6.11. The molecule has 0 aromatic heterocycles. The van der Waals surface area contributed by atoms with E-state index in [2.05, 4.69) is 11.8 Å². The van der Waals surface area contributed by atoms with E-state index >= 15 is 0 Å². The highest BCUT2D eigenvalue weighted by Crippen LogP contribution is 2.09. The van der Waals surface area contributed by atoms with E-state index in [1.165, 1.54) is 0 Å². The molecule has 0 spiro atoms. The van der Waals surface area contributed by atoms with Crippen molar-refractivity contribution in [3.63, 3.8) is 0 Å². The second-order valence-electron chi connectivity index (χ2n) is 3.88. The van der Waals surface area contributed by atoms with Crippen LogP contribution in [0, 0.1) is 5.92 Å². The summed E-state index contributed by atoms with van der Waals surface area (Å²) in [7, 11) is 2.05. The second-order valence-corrected chi connectivity index (χ2v) is 4.26. The van der Waals surface area contributed by atoms with Crippen LogP contribution in [0.1, 0.15) is 26.7 Å². The smallest absolute Gasteiger partial charge is 0.0584 e. The van der Waals surface area contributed by atoms with Gasteiger partial charge in [-0.1, -0.05) is 6.92 Å². The lowest BCUT2D eigenvalue weighted by Gasteiger charge is -2.24. The molecule has 0 rings (SSSR count). The van der Waals surface area contributed by atoms with Crippen LogP contribution in [0.2, 0.25) is 0 Å². The van der Waals surface area contributed by atoms with Crippen molar-refractivity contribution in [2.24, 2.45) is 5.92 Å². The maximum Gasteiger partial charge on any atom is 0.0584 e. The Bertz CT molecular complexity index is 121. The summed E-state index contributed by atoms with van der Waals surface area (Å²) in [5, 5.41) is 8.91. The van der Waals surface area contributed by atoms with E-state index in [0.717, 1.165) is 25.3 Å². The number of rotatable bonds is 7. The van der Waals surface area contributed by atoms with Crippen molar-refractivity contribution < 1.29 is 5.11 Å². The van der Waals surface area contributed by atoms with Crippen molar-refractivity contribution >= 4 is 11.6 Å². The number of hydrogen-bond donors (Lipinski definition) is 1. The predicted molar refractivity (Wildman–Crippen MR) is 58.3 cm³/mol. The first kappa shape index (κ1) is 13.2. The zero-order chi connectivity index (χ0) is 10.3. The Morgan fingerprint density at radius 2 is 1.92 bits per heavy atom. The van der Waals surface area contributed by atoms with Crippen molar-refractivity contribution in [2.45, 2.75) is 32.7 Å². The number of alkyl halides is 1. The van der Waals surface area contributed by atoms with Crippen LogP contribution in [0.5, 0.6) is 0 Å². The molecule has 0 fully saturated rings. The monoisotopic (exact) mass is 207 g/mol. The summed E-state index contributed by atoms with van der Waals surface area (Å²) in [6, 6.07) is 0.267. The van der Waals surface area contributed by atoms with Crippen LogP contribution in [-0.4, -0.2) is 42.1 Å². The lowest BCUT2D eigenvalue weighted by atomic mass is 10.0. The molecule has 0 bridgehead atoms. The van der Waals surface area contributed by atoms with E-state index in [4.69, 9.17) is 16.7 Å². The lowest BCUT2D eigenvalue weighted by Crippen LogP contribution is -2.33. The molecule has 0 saturated carbocycles. The average molecular weight is 208 g/mol. The van der Waals surface area contributed by atoms with E-state index in [0.29, 0.717) is 5.92 Å². The number of aliphatic hydroxyl groups excluding tert-OH is 1. The van der Waals surface area contributed by atoms with E-state index in [-0.39, 0.29) is 12.6 Å². The molecule has 2 unspecified atom stereocenters. The fourth-order valence-corrected chi connectivity index (χ4v) is 1.49. The van der Waals surface area contributed by atoms with Gasteiger partial charge in [0.2, 0.25) is 0 Å². The van der Waals surface area contributed by atoms with Gasteiger partial charge < -0.3 is 10.0 Å². The van der Waals surface area contributed by atoms with Gasteiger partial charge in [-0.05, 0) is 39.3 Å². The minimum absolute atomic E-state index is 0.236. The number of hydrogen-bond acceptors (Lipinski definition) is 2. The Morgan fingerprint density at radius 1 is 1.31 bits per heavy atom. The molecule has 0 aromatic rings. The third kappa shape index (κ3) is 6.30. The van der Waals surface area contributed by atoms with Crippen molar-refractivity contribution in [2.75, 3.05) is 26.1 Å². The number of nitrogens with zero attached hydrogens (tertiary/aromatic N) is 1. The SMILES string of the molecule is CC(CCCl)CCN(C)C(C)CO. The molecule has 0 heterocycles. The summed E-state index contributed by atoms with van der Waals surface area (Å²) in [5.41, 5.74) is 0. The van der Waals surface area contributed by atoms with Crippen LogP contribution in [0.25, 0.3) is 0 Å². The van der Waals surface area contributed by atoms with Gasteiger partial charge in [-0.15, -0.1) is 11.6 Å². The van der Waals surface area contributed by atoms with E-state index in [9.17, 15) is 0 Å². The molecule has 2 nitrogen and oxygen atoms in total. The van der Waals surface area contributed by atoms with Gasteiger partial charge in [-0.2, -0.15) is 0 Å². The molecule has 1 N–H and O–H groups in total. The van der Waals surface area contributed by atoms with E-state index < -0.39 is 0 Å². The molecular weight excluding hydrogens is 186 g/mol. The normalized spacial score (nSPS) is 16.2. The first-order valence-electron chi connectivity index (χ1n) is 4.98. The molecule has 0 aliphatic heterocycles. The Hall–Kier alpha value is 0.210. The van der Waals surface area contributed by atoms with Gasteiger partial charge in [0.1, 0.15) is 0 Å². The third-order valence-corrected chi connectivity index (χ3v) is 2.81. The topological polar surface area (TPSA) is 23.5 Å². The highest BCUT2D eigenvalue weighted by atomic mass is 35.5. The van der Waals surface area contributed by atoms with Crippen LogP contribution in [0.4, 0.5) is 0 Å². The highest BCUT2D eigenvalue weighted by molar-refractivity contribution is 6.17. The molecule has 80 valence electrons. The number of likely N-dealkylation sites (N-methyl/N-ethyl adjacent to an activating group) is 1. The van der Waals surface area contributed by atoms with Crippen molar-refractivity contribution in [1.29, 1.82) is 0 Å². The average Bonchev–Trinajstić information content (AvgIpc) is 2.13. The summed E-state index contributed by atoms with van der Waals surface area (Å²) in [6.07, 6.45) is 2.25. The number of halogens is 1. The molecule has 0 aliphatic rings. The largest absolute Gasteiger partial charge is 0.395 e. The Kier molecular flexibility index (Phi) is 7.72. The molecule has 0 saturated heterocycles. The van der Waals surface area contributed by atoms with Crippen molar-refractivity contribution in [3.05, 3.63) is 0 Å². The third-order valence-electron chi connectivity index (χ3n) is 2.59. The maximum atomic E-state index is 8.91. The summed E-state index contributed by atoms with van der Waals surface area (Å²) in [5.74, 6) is 1.44. The summed E-state index contributed by atoms with van der Waals surface area (Å²) < 4.78 is 0. The van der Waals surface area contributed by atoms with Gasteiger partial charge in [0.25, 0.3) is 0 Å². The molecule has 0 amide bonds. The molecule has 0 aliphatic carbocycles. The second kappa shape index (κ2) is 7.60. The molecule has 2 atom stereocenters. The summed E-state index contributed by atoms with van der Waals surface area (Å²) in [4.78, 5) is 2.19. The Morgan fingerprint density at radius 3 is 2.38 bits per heavy atom. The predicted octanol–water partition coefficient (Wildman–Crippen LogP) is 1.95. The lowest BCUT2D eigenvalue weighted by molar-refractivity contribution is 0.153.